The fourth-order valence-electron chi connectivity index (χ4n) is 5.20. The van der Waals surface area contributed by atoms with E-state index in [2.05, 4.69) is 22.8 Å². The fourth-order valence-corrected chi connectivity index (χ4v) is 6.15. The lowest BCUT2D eigenvalue weighted by atomic mass is 10.0. The van der Waals surface area contributed by atoms with Gasteiger partial charge in [-0.15, -0.1) is 11.8 Å². The van der Waals surface area contributed by atoms with Crippen molar-refractivity contribution in [2.45, 2.75) is 68.6 Å². The smallest absolute Gasteiger partial charge is 0.224 e. The van der Waals surface area contributed by atoms with Crippen LogP contribution in [0.2, 0.25) is 0 Å². The van der Waals surface area contributed by atoms with Gasteiger partial charge < -0.3 is 30.9 Å². The second-order valence-electron chi connectivity index (χ2n) is 11.3. The average molecular weight is 640 g/mol. The molecule has 4 aromatic carbocycles. The maximum Gasteiger partial charge on any atom is 0.224 e. The van der Waals surface area contributed by atoms with Gasteiger partial charge in [-0.1, -0.05) is 78.9 Å². The second kappa shape index (κ2) is 17.0. The van der Waals surface area contributed by atoms with Crippen LogP contribution in [0.1, 0.15) is 66.8 Å². The maximum absolute atomic E-state index is 12.4. The van der Waals surface area contributed by atoms with Crippen molar-refractivity contribution in [2.75, 3.05) is 16.8 Å². The van der Waals surface area contributed by atoms with Gasteiger partial charge in [0.2, 0.25) is 11.8 Å². The van der Waals surface area contributed by atoms with Crippen LogP contribution in [-0.2, 0) is 32.2 Å². The lowest BCUT2D eigenvalue weighted by Crippen LogP contribution is -2.31. The van der Waals surface area contributed by atoms with Gasteiger partial charge in [-0.3, -0.25) is 9.59 Å². The zero-order valence-corrected chi connectivity index (χ0v) is 26.6. The van der Waals surface area contributed by atoms with Crippen molar-refractivity contribution in [3.05, 3.63) is 125 Å². The number of carbonyl (C=O) groups is 2. The number of amides is 2. The van der Waals surface area contributed by atoms with E-state index in [-0.39, 0.29) is 30.6 Å². The highest BCUT2D eigenvalue weighted by Gasteiger charge is 2.32. The molecule has 2 amide bonds. The van der Waals surface area contributed by atoms with Gasteiger partial charge in [0.05, 0.1) is 30.2 Å². The van der Waals surface area contributed by atoms with Gasteiger partial charge in [-0.2, -0.15) is 0 Å². The molecule has 0 spiro atoms. The predicted molar refractivity (Wildman–Crippen MR) is 182 cm³/mol. The molecule has 8 nitrogen and oxygen atoms in total. The molecule has 0 radical (unpaired) electrons. The largest absolute Gasteiger partial charge is 0.397 e. The molecular formula is C37H41N3O5S. The first-order chi connectivity index (χ1) is 22.5. The summed E-state index contributed by atoms with van der Waals surface area (Å²) in [6, 6.07) is 33.3. The van der Waals surface area contributed by atoms with Crippen LogP contribution >= 0.6 is 11.8 Å². The molecule has 46 heavy (non-hydrogen) atoms. The van der Waals surface area contributed by atoms with E-state index in [9.17, 15) is 14.7 Å². The minimum atomic E-state index is -0.531. The van der Waals surface area contributed by atoms with Gasteiger partial charge in [0.25, 0.3) is 0 Å². The number of carbonyl (C=O) groups excluding carboxylic acids is 2. The van der Waals surface area contributed by atoms with Crippen LogP contribution in [0.15, 0.2) is 108 Å². The van der Waals surface area contributed by atoms with Crippen molar-refractivity contribution in [3.63, 3.8) is 0 Å². The number of nitrogens with one attached hydrogen (secondary N) is 2. The van der Waals surface area contributed by atoms with Crippen molar-refractivity contribution in [1.29, 1.82) is 0 Å². The van der Waals surface area contributed by atoms with Crippen molar-refractivity contribution in [1.82, 2.24) is 5.32 Å². The Morgan fingerprint density at radius 1 is 0.783 bits per heavy atom. The third-order valence-electron chi connectivity index (χ3n) is 7.83. The minimum absolute atomic E-state index is 0.00482. The Morgan fingerprint density at radius 3 is 2.15 bits per heavy atom. The molecule has 0 aliphatic carbocycles. The van der Waals surface area contributed by atoms with E-state index < -0.39 is 6.29 Å². The molecule has 0 unspecified atom stereocenters. The molecule has 0 bridgehead atoms. The van der Waals surface area contributed by atoms with Crippen LogP contribution in [0.4, 0.5) is 11.4 Å². The Kier molecular flexibility index (Phi) is 12.2. The molecule has 0 saturated carbocycles. The molecule has 5 N–H and O–H groups in total. The summed E-state index contributed by atoms with van der Waals surface area (Å²) >= 11 is 1.77. The number of thioether (sulfide) groups is 1. The number of nitrogens with two attached hydrogens (primary N) is 1. The SMILES string of the molecule is Nc1ccccc1NC(=O)CCCCC(=O)NCc1ccc([C@H]2O[C@@H](CSc3ccccc3)C[C@@H](c3ccc(CO)cc3)O2)cc1. The van der Waals surface area contributed by atoms with Gasteiger partial charge in [0.1, 0.15) is 0 Å². The number of hydrogen-bond donors (Lipinski definition) is 4. The van der Waals surface area contributed by atoms with E-state index in [1.807, 2.05) is 78.9 Å². The van der Waals surface area contributed by atoms with E-state index >= 15 is 0 Å². The zero-order chi connectivity index (χ0) is 32.1. The topological polar surface area (TPSA) is 123 Å². The summed E-state index contributed by atoms with van der Waals surface area (Å²) in [4.78, 5) is 25.8. The van der Waals surface area contributed by atoms with E-state index in [4.69, 9.17) is 15.2 Å². The van der Waals surface area contributed by atoms with Crippen LogP contribution < -0.4 is 16.4 Å². The molecule has 3 atom stereocenters. The van der Waals surface area contributed by atoms with E-state index in [0.717, 1.165) is 34.4 Å². The van der Waals surface area contributed by atoms with Gasteiger partial charge in [0.15, 0.2) is 6.29 Å². The quantitative estimate of drug-likeness (QED) is 0.0672. The lowest BCUT2D eigenvalue weighted by Gasteiger charge is -2.36. The van der Waals surface area contributed by atoms with Crippen molar-refractivity contribution < 1.29 is 24.2 Å². The molecule has 0 aromatic heterocycles. The fraction of sp³-hybridized carbons (Fsp3) is 0.297. The summed E-state index contributed by atoms with van der Waals surface area (Å²) in [6.07, 6.45) is 1.94. The number of nitrogen functional groups attached to an aromatic ring is 1. The summed E-state index contributed by atoms with van der Waals surface area (Å²) in [5, 5.41) is 15.2. The number of ether oxygens (including phenoxy) is 2. The monoisotopic (exact) mass is 639 g/mol. The molecule has 9 heteroatoms. The molecule has 1 aliphatic rings. The molecular weight excluding hydrogens is 598 g/mol. The first-order valence-electron chi connectivity index (χ1n) is 15.6. The molecule has 5 rings (SSSR count). The Morgan fingerprint density at radius 2 is 1.43 bits per heavy atom. The Balaban J connectivity index is 1.10. The number of aliphatic hydroxyl groups is 1. The highest BCUT2D eigenvalue weighted by Crippen LogP contribution is 2.39. The molecule has 1 heterocycles. The van der Waals surface area contributed by atoms with Crippen molar-refractivity contribution in [2.24, 2.45) is 0 Å². The molecule has 1 fully saturated rings. The normalized spacial score (nSPS) is 17.7. The van der Waals surface area contributed by atoms with E-state index in [1.165, 1.54) is 4.90 Å². The number of benzene rings is 4. The first kappa shape index (κ1) is 33.2. The van der Waals surface area contributed by atoms with Crippen LogP contribution in [0.5, 0.6) is 0 Å². The average Bonchev–Trinajstić information content (AvgIpc) is 3.10. The summed E-state index contributed by atoms with van der Waals surface area (Å²) in [7, 11) is 0. The van der Waals surface area contributed by atoms with Crippen LogP contribution in [0.3, 0.4) is 0 Å². The van der Waals surface area contributed by atoms with Gasteiger partial charge in [-0.25, -0.2) is 0 Å². The van der Waals surface area contributed by atoms with E-state index in [0.29, 0.717) is 43.6 Å². The number of unbranched alkanes of at least 4 members (excludes halogenated alkanes) is 1. The van der Waals surface area contributed by atoms with Crippen molar-refractivity contribution >= 4 is 35.0 Å². The molecule has 1 aliphatic heterocycles. The molecule has 240 valence electrons. The summed E-state index contributed by atoms with van der Waals surface area (Å²) in [6.45, 7) is 0.417. The Bertz CT molecular complexity index is 1550. The standard InChI is InChI=1S/C37H41N3O5S/c38-32-10-4-5-11-33(32)40-36(43)13-7-6-12-35(42)39-23-26-14-20-29(21-15-26)37-44-30(25-46-31-8-2-1-3-9-31)22-34(45-37)28-18-16-27(24-41)17-19-28/h1-5,8-11,14-21,30,34,37,41H,6-7,12-13,22-25,38H2,(H,39,42)(H,40,43)/t30-,34+,37+/m1/s1. The number of hydrogen-bond acceptors (Lipinski definition) is 7. The molecule has 1 saturated heterocycles. The summed E-state index contributed by atoms with van der Waals surface area (Å²) in [5.41, 5.74) is 10.8. The number of anilines is 2. The molecule has 4 aromatic rings. The summed E-state index contributed by atoms with van der Waals surface area (Å²) in [5.74, 6) is 0.631. The van der Waals surface area contributed by atoms with Crippen LogP contribution in [-0.4, -0.2) is 28.8 Å². The van der Waals surface area contributed by atoms with E-state index in [1.54, 1.807) is 23.9 Å². The zero-order valence-electron chi connectivity index (χ0n) is 25.8. The van der Waals surface area contributed by atoms with Crippen molar-refractivity contribution in [3.8, 4) is 0 Å². The van der Waals surface area contributed by atoms with Gasteiger partial charge in [0, 0.05) is 42.0 Å². The highest BCUT2D eigenvalue weighted by atomic mass is 32.2. The third kappa shape index (κ3) is 9.92. The minimum Gasteiger partial charge on any atom is -0.397 e. The van der Waals surface area contributed by atoms with Crippen LogP contribution in [0.25, 0.3) is 0 Å². The van der Waals surface area contributed by atoms with Gasteiger partial charge >= 0.3 is 0 Å². The maximum atomic E-state index is 12.4. The first-order valence-corrected chi connectivity index (χ1v) is 16.6. The second-order valence-corrected chi connectivity index (χ2v) is 12.4. The predicted octanol–water partition coefficient (Wildman–Crippen LogP) is 6.91. The van der Waals surface area contributed by atoms with Gasteiger partial charge in [-0.05, 0) is 53.8 Å². The Labute approximate surface area is 274 Å². The number of aliphatic hydroxyl groups excluding tert-OH is 1. The third-order valence-corrected chi connectivity index (χ3v) is 8.97. The lowest BCUT2D eigenvalue weighted by molar-refractivity contribution is -0.245. The van der Waals surface area contributed by atoms with Crippen LogP contribution in [0, 0.1) is 0 Å². The highest BCUT2D eigenvalue weighted by molar-refractivity contribution is 7.99. The Hall–Kier alpha value is -4.15. The number of rotatable bonds is 14. The number of para-hydroxylation sites is 2. The summed E-state index contributed by atoms with van der Waals surface area (Å²) < 4.78 is 12.9.